The molecule has 22 heavy (non-hydrogen) atoms. The first-order valence-corrected chi connectivity index (χ1v) is 7.65. The van der Waals surface area contributed by atoms with Crippen LogP contribution >= 0.6 is 11.8 Å². The zero-order chi connectivity index (χ0) is 15.4. The third-order valence-electron chi connectivity index (χ3n) is 2.91. The van der Waals surface area contributed by atoms with Crippen molar-refractivity contribution in [2.45, 2.75) is 24.3 Å². The van der Waals surface area contributed by atoms with Crippen LogP contribution in [0.5, 0.6) is 5.75 Å². The van der Waals surface area contributed by atoms with Gasteiger partial charge in [-0.05, 0) is 34.7 Å². The lowest BCUT2D eigenvalue weighted by Gasteiger charge is -2.04. The molecule has 0 aliphatic rings. The Kier molecular flexibility index (Phi) is 4.33. The van der Waals surface area contributed by atoms with Crippen LogP contribution in [-0.4, -0.2) is 37.5 Å². The summed E-state index contributed by atoms with van der Waals surface area (Å²) >= 11 is 1.43. The molecule has 8 nitrogen and oxygen atoms in total. The summed E-state index contributed by atoms with van der Waals surface area (Å²) in [5.41, 5.74) is 0.855. The third kappa shape index (κ3) is 3.08. The zero-order valence-electron chi connectivity index (χ0n) is 12.1. The number of aryl methyl sites for hydroxylation is 1. The van der Waals surface area contributed by atoms with E-state index in [0.29, 0.717) is 22.6 Å². The minimum Gasteiger partial charge on any atom is -0.497 e. The molecule has 0 aliphatic carbocycles. The van der Waals surface area contributed by atoms with Crippen LogP contribution in [-0.2, 0) is 12.2 Å². The number of ether oxygens (including phenoxy) is 1. The second kappa shape index (κ2) is 6.56. The summed E-state index contributed by atoms with van der Waals surface area (Å²) in [5.74, 6) is 2.56. The fraction of sp³-hybridized carbons (Fsp3) is 0.308. The Hall–Kier alpha value is -2.42. The predicted octanol–water partition coefficient (Wildman–Crippen LogP) is 1.91. The lowest BCUT2D eigenvalue weighted by molar-refractivity contribution is 0.385. The number of benzene rings is 1. The Balaban J connectivity index is 1.73. The van der Waals surface area contributed by atoms with Crippen LogP contribution in [0.1, 0.15) is 18.6 Å². The van der Waals surface area contributed by atoms with Gasteiger partial charge in [-0.25, -0.2) is 0 Å². The van der Waals surface area contributed by atoms with E-state index in [-0.39, 0.29) is 0 Å². The fourth-order valence-corrected chi connectivity index (χ4v) is 2.50. The minimum absolute atomic E-state index is 0.517. The van der Waals surface area contributed by atoms with Gasteiger partial charge >= 0.3 is 0 Å². The standard InChI is InChI=1S/C13H14N6O2S/c1-3-11-14-12(21-16-11)8-22-13-15-17-18-19(13)9-4-6-10(20-2)7-5-9/h4-7H,3,8H2,1-2H3. The summed E-state index contributed by atoms with van der Waals surface area (Å²) in [6.07, 6.45) is 0.748. The number of hydrogen-bond donors (Lipinski definition) is 0. The molecule has 0 saturated carbocycles. The van der Waals surface area contributed by atoms with Gasteiger partial charge in [0.1, 0.15) is 5.75 Å². The largest absolute Gasteiger partial charge is 0.497 e. The van der Waals surface area contributed by atoms with Crippen molar-refractivity contribution in [1.29, 1.82) is 0 Å². The highest BCUT2D eigenvalue weighted by Crippen LogP contribution is 2.22. The van der Waals surface area contributed by atoms with Gasteiger partial charge in [0.15, 0.2) is 5.82 Å². The Morgan fingerprint density at radius 1 is 1.27 bits per heavy atom. The number of aromatic nitrogens is 6. The van der Waals surface area contributed by atoms with E-state index in [9.17, 15) is 0 Å². The molecule has 0 fully saturated rings. The van der Waals surface area contributed by atoms with Crippen LogP contribution in [0.15, 0.2) is 33.9 Å². The monoisotopic (exact) mass is 318 g/mol. The minimum atomic E-state index is 0.517. The quantitative estimate of drug-likeness (QED) is 0.636. The van der Waals surface area contributed by atoms with Gasteiger partial charge in [0, 0.05) is 6.42 Å². The average molecular weight is 318 g/mol. The molecule has 0 radical (unpaired) electrons. The lowest BCUT2D eigenvalue weighted by Crippen LogP contribution is -1.99. The van der Waals surface area contributed by atoms with Crippen molar-refractivity contribution >= 4 is 11.8 Å². The second-order valence-electron chi connectivity index (χ2n) is 4.32. The summed E-state index contributed by atoms with van der Waals surface area (Å²) in [4.78, 5) is 4.26. The molecule has 3 aromatic rings. The van der Waals surface area contributed by atoms with Gasteiger partial charge in [0.25, 0.3) is 0 Å². The molecule has 9 heteroatoms. The summed E-state index contributed by atoms with van der Waals surface area (Å²) in [7, 11) is 1.63. The van der Waals surface area contributed by atoms with Gasteiger partial charge in [0.2, 0.25) is 11.0 Å². The van der Waals surface area contributed by atoms with Crippen molar-refractivity contribution in [3.63, 3.8) is 0 Å². The van der Waals surface area contributed by atoms with Crippen molar-refractivity contribution in [2.75, 3.05) is 7.11 Å². The first-order chi connectivity index (χ1) is 10.8. The van der Waals surface area contributed by atoms with Crippen molar-refractivity contribution < 1.29 is 9.26 Å². The van der Waals surface area contributed by atoms with Crippen LogP contribution in [0.2, 0.25) is 0 Å². The van der Waals surface area contributed by atoms with Crippen molar-refractivity contribution in [1.82, 2.24) is 30.3 Å². The molecule has 3 rings (SSSR count). The molecule has 0 unspecified atom stereocenters. The first kappa shape index (κ1) is 14.5. The maximum atomic E-state index is 5.15. The highest BCUT2D eigenvalue weighted by molar-refractivity contribution is 7.98. The third-order valence-corrected chi connectivity index (χ3v) is 3.81. The number of thioether (sulfide) groups is 1. The normalized spacial score (nSPS) is 10.8. The molecule has 1 aromatic carbocycles. The lowest BCUT2D eigenvalue weighted by atomic mass is 10.3. The molecule has 2 aromatic heterocycles. The zero-order valence-corrected chi connectivity index (χ0v) is 12.9. The average Bonchev–Trinajstić information content (AvgIpc) is 3.22. The second-order valence-corrected chi connectivity index (χ2v) is 5.26. The van der Waals surface area contributed by atoms with E-state index in [1.165, 1.54) is 11.8 Å². The Morgan fingerprint density at radius 3 is 2.77 bits per heavy atom. The molecule has 0 saturated heterocycles. The molecule has 0 amide bonds. The van der Waals surface area contributed by atoms with E-state index >= 15 is 0 Å². The van der Waals surface area contributed by atoms with Crippen molar-refractivity contribution in [3.8, 4) is 11.4 Å². The van der Waals surface area contributed by atoms with E-state index in [1.54, 1.807) is 11.8 Å². The Labute approximate surface area is 130 Å². The van der Waals surface area contributed by atoms with Crippen LogP contribution in [0.25, 0.3) is 5.69 Å². The summed E-state index contributed by atoms with van der Waals surface area (Å²) in [5, 5.41) is 16.3. The van der Waals surface area contributed by atoms with E-state index in [4.69, 9.17) is 9.26 Å². The van der Waals surface area contributed by atoms with E-state index in [2.05, 4.69) is 25.7 Å². The van der Waals surface area contributed by atoms with Crippen LogP contribution in [0.3, 0.4) is 0 Å². The number of methoxy groups -OCH3 is 1. The van der Waals surface area contributed by atoms with E-state index < -0.39 is 0 Å². The molecule has 0 spiro atoms. The highest BCUT2D eigenvalue weighted by Gasteiger charge is 2.12. The smallest absolute Gasteiger partial charge is 0.237 e. The van der Waals surface area contributed by atoms with Crippen molar-refractivity contribution in [2.24, 2.45) is 0 Å². The Morgan fingerprint density at radius 2 is 2.09 bits per heavy atom. The Bertz CT molecular complexity index is 739. The summed E-state index contributed by atoms with van der Waals surface area (Å²) < 4.78 is 11.9. The van der Waals surface area contributed by atoms with E-state index in [0.717, 1.165) is 17.9 Å². The molecule has 0 bridgehead atoms. The van der Waals surface area contributed by atoms with Gasteiger partial charge in [-0.2, -0.15) is 9.67 Å². The summed E-state index contributed by atoms with van der Waals surface area (Å²) in [6.45, 7) is 1.98. The van der Waals surface area contributed by atoms with Gasteiger partial charge in [0.05, 0.1) is 18.6 Å². The molecular formula is C13H14N6O2S. The molecular weight excluding hydrogens is 304 g/mol. The van der Waals surface area contributed by atoms with E-state index in [1.807, 2.05) is 31.2 Å². The van der Waals surface area contributed by atoms with Gasteiger partial charge in [-0.3, -0.25) is 0 Å². The van der Waals surface area contributed by atoms with Gasteiger partial charge < -0.3 is 9.26 Å². The number of rotatable bonds is 6. The maximum absolute atomic E-state index is 5.15. The number of tetrazole rings is 1. The number of hydrogen-bond acceptors (Lipinski definition) is 8. The number of nitrogens with zero attached hydrogens (tertiary/aromatic N) is 6. The first-order valence-electron chi connectivity index (χ1n) is 6.67. The molecule has 2 heterocycles. The van der Waals surface area contributed by atoms with Gasteiger partial charge in [-0.1, -0.05) is 23.8 Å². The summed E-state index contributed by atoms with van der Waals surface area (Å²) in [6, 6.07) is 7.50. The maximum Gasteiger partial charge on any atom is 0.237 e. The fourth-order valence-electron chi connectivity index (χ4n) is 1.77. The molecule has 0 aliphatic heterocycles. The van der Waals surface area contributed by atoms with Crippen LogP contribution < -0.4 is 4.74 Å². The van der Waals surface area contributed by atoms with Gasteiger partial charge in [-0.15, -0.1) is 5.10 Å². The topological polar surface area (TPSA) is 91.8 Å². The predicted molar refractivity (Wildman–Crippen MR) is 78.9 cm³/mol. The highest BCUT2D eigenvalue weighted by atomic mass is 32.2. The van der Waals surface area contributed by atoms with Crippen molar-refractivity contribution in [3.05, 3.63) is 36.0 Å². The SMILES string of the molecule is CCc1noc(CSc2nnnn2-c2ccc(OC)cc2)n1. The molecule has 0 atom stereocenters. The molecule has 114 valence electrons. The van der Waals surface area contributed by atoms with Crippen LogP contribution in [0, 0.1) is 0 Å². The molecule has 0 N–H and O–H groups in total. The van der Waals surface area contributed by atoms with Crippen LogP contribution in [0.4, 0.5) is 0 Å².